The van der Waals surface area contributed by atoms with E-state index in [1.54, 1.807) is 3.88 Å². The van der Waals surface area contributed by atoms with Crippen LogP contribution in [0.15, 0.2) is 44.9 Å². The Bertz CT molecular complexity index is 700. The van der Waals surface area contributed by atoms with Crippen molar-refractivity contribution in [1.29, 1.82) is 0 Å². The molecule has 1 aromatic rings. The van der Waals surface area contributed by atoms with E-state index in [4.69, 9.17) is 0 Å². The van der Waals surface area contributed by atoms with Crippen molar-refractivity contribution in [3.8, 4) is 0 Å². The van der Waals surface area contributed by atoms with Gasteiger partial charge in [0.05, 0.1) is 0 Å². The minimum absolute atomic E-state index is 0. The van der Waals surface area contributed by atoms with Crippen molar-refractivity contribution in [1.82, 2.24) is 3.80 Å². The second kappa shape index (κ2) is 10.1. The molecular weight excluding hydrogens is 405 g/mol. The maximum Gasteiger partial charge on any atom is -1.00 e. The van der Waals surface area contributed by atoms with Crippen LogP contribution in [0.2, 0.25) is 13.1 Å². The number of amides is 1. The van der Waals surface area contributed by atoms with Gasteiger partial charge in [0.15, 0.2) is 0 Å². The molecule has 0 bridgehead atoms. The number of carbonyl (C=O) groups is 1. The summed E-state index contributed by atoms with van der Waals surface area (Å²) in [5.41, 5.74) is 6.32. The molecule has 0 radical (unpaired) electrons. The number of halogens is 2. The zero-order chi connectivity index (χ0) is 17.3. The average Bonchev–Trinajstić information content (AvgIpc) is 2.69. The van der Waals surface area contributed by atoms with Gasteiger partial charge in [-0.25, -0.2) is 0 Å². The fraction of sp³-hybridized carbons (Fsp3) is 0.421. The normalized spacial score (nSPS) is 16.6. The van der Waals surface area contributed by atoms with Crippen LogP contribution in [-0.4, -0.2) is 12.6 Å². The number of hydrogen-bond donors (Lipinski definition) is 1. The third kappa shape index (κ3) is 5.33. The van der Waals surface area contributed by atoms with Crippen molar-refractivity contribution >= 4 is 12.6 Å². The zero-order valence-corrected chi connectivity index (χ0v) is 20.4. The van der Waals surface area contributed by atoms with E-state index in [9.17, 15) is 4.79 Å². The van der Waals surface area contributed by atoms with Crippen LogP contribution < -0.4 is 28.6 Å². The summed E-state index contributed by atoms with van der Waals surface area (Å²) in [5, 5.41) is 0. The van der Waals surface area contributed by atoms with Crippen molar-refractivity contribution < 1.29 is 47.0 Å². The number of nitrogens with one attached hydrogen (secondary N) is 1. The van der Waals surface area contributed by atoms with Crippen LogP contribution in [-0.2, 0) is 17.4 Å². The predicted octanol–water partition coefficient (Wildman–Crippen LogP) is -1.49. The molecule has 1 atom stereocenters. The van der Waals surface area contributed by atoms with Gasteiger partial charge < -0.3 is 24.8 Å². The standard InChI is InChI=1S/C9H13.C8H9NO.C2H7Si.2ClH.Ti/c1-6-5-7(2)9(4)8(6)3;1-6-3-2-4-7(5-6)8(9)10;1-3-2;;;/h6H,1-4H3;2-5H,1H3,(H2,9,10);3H,1-2H3;2*1H;/q;;;;;+3/p-3. The minimum atomic E-state index is -1.74. The van der Waals surface area contributed by atoms with E-state index < -0.39 is 24.0 Å². The summed E-state index contributed by atoms with van der Waals surface area (Å²) in [5.74, 6) is 0.636. The quantitative estimate of drug-likeness (QED) is 0.577. The van der Waals surface area contributed by atoms with Gasteiger partial charge in [0.2, 0.25) is 0 Å². The van der Waals surface area contributed by atoms with Gasteiger partial charge in [-0.2, -0.15) is 0 Å². The summed E-state index contributed by atoms with van der Waals surface area (Å²) in [6.45, 7) is 14.9. The summed E-state index contributed by atoms with van der Waals surface area (Å²) < 4.78 is 5.11. The third-order valence-corrected chi connectivity index (χ3v) is 16.4. The number of rotatable bonds is 4. The molecule has 137 valence electrons. The van der Waals surface area contributed by atoms with E-state index in [0.29, 0.717) is 5.92 Å². The number of aryl methyl sites for hydroxylation is 1. The van der Waals surface area contributed by atoms with Gasteiger partial charge in [-0.15, -0.1) is 0 Å². The second-order valence-electron chi connectivity index (χ2n) is 6.96. The zero-order valence-electron chi connectivity index (χ0n) is 16.1. The van der Waals surface area contributed by atoms with Gasteiger partial charge in [-0.3, -0.25) is 0 Å². The van der Waals surface area contributed by atoms with Crippen molar-refractivity contribution in [2.24, 2.45) is 5.92 Å². The summed E-state index contributed by atoms with van der Waals surface area (Å²) in [4.78, 5) is 12.8. The number of hydrogen-bond acceptors (Lipinski definition) is 1. The SMILES string of the molecule is CC1=C(C)C(C)[C]([Ti+2]([NH]C(=O)c2cccc(C)c2)[SiH](C)C)=C1C.[Cl-].[Cl-]. The minimum Gasteiger partial charge on any atom is -1.00 e. The molecule has 1 unspecified atom stereocenters. The third-order valence-electron chi connectivity index (χ3n) is 5.04. The van der Waals surface area contributed by atoms with Crippen molar-refractivity contribution in [3.63, 3.8) is 0 Å². The van der Waals surface area contributed by atoms with E-state index >= 15 is 0 Å². The van der Waals surface area contributed by atoms with Crippen LogP contribution in [0.1, 0.15) is 43.6 Å². The van der Waals surface area contributed by atoms with Crippen molar-refractivity contribution in [2.45, 2.75) is 47.7 Å². The van der Waals surface area contributed by atoms with Crippen LogP contribution in [0.3, 0.4) is 0 Å². The maximum absolute atomic E-state index is 12.8. The molecule has 6 heteroatoms. The Morgan fingerprint density at radius 1 is 1.08 bits per heavy atom. The van der Waals surface area contributed by atoms with E-state index in [0.717, 1.165) is 11.1 Å². The summed E-state index contributed by atoms with van der Waals surface area (Å²) >= 11 is -1.74. The van der Waals surface area contributed by atoms with E-state index in [-0.39, 0.29) is 30.7 Å². The van der Waals surface area contributed by atoms with Gasteiger partial charge in [-0.05, 0) is 0 Å². The molecule has 2 rings (SSSR count). The van der Waals surface area contributed by atoms with E-state index in [2.05, 4.69) is 44.6 Å². The first-order valence-electron chi connectivity index (χ1n) is 8.37. The molecule has 0 saturated carbocycles. The van der Waals surface area contributed by atoms with Crippen LogP contribution in [0.5, 0.6) is 0 Å². The predicted molar refractivity (Wildman–Crippen MR) is 97.8 cm³/mol. The van der Waals surface area contributed by atoms with Crippen molar-refractivity contribution in [2.75, 3.05) is 0 Å². The first kappa shape index (κ1) is 24.7. The molecule has 1 aliphatic rings. The van der Waals surface area contributed by atoms with Crippen LogP contribution in [0, 0.1) is 12.8 Å². The second-order valence-corrected chi connectivity index (χ2v) is 19.6. The molecule has 0 aliphatic heterocycles. The Labute approximate surface area is 172 Å². The van der Waals surface area contributed by atoms with Crippen LogP contribution in [0.4, 0.5) is 0 Å². The Morgan fingerprint density at radius 3 is 2.12 bits per heavy atom. The molecule has 1 N–H and O–H groups in total. The van der Waals surface area contributed by atoms with Crippen LogP contribution in [0.25, 0.3) is 0 Å². The van der Waals surface area contributed by atoms with Crippen LogP contribution >= 0.6 is 0 Å². The Hall–Kier alpha value is -0.319. The van der Waals surface area contributed by atoms with Gasteiger partial charge >= 0.3 is 148 Å². The fourth-order valence-corrected chi connectivity index (χ4v) is 13.8. The number of allylic oxidation sites excluding steroid dienone is 4. The van der Waals surface area contributed by atoms with Gasteiger partial charge in [0.1, 0.15) is 0 Å². The Balaban J connectivity index is 0.00000288. The number of benzene rings is 1. The largest absolute Gasteiger partial charge is 1.00 e. The maximum atomic E-state index is 12.8. The molecule has 1 amide bonds. The molecule has 2 nitrogen and oxygen atoms in total. The topological polar surface area (TPSA) is 29.1 Å². The number of carbonyl (C=O) groups excluding carboxylic acids is 1. The summed E-state index contributed by atoms with van der Waals surface area (Å²) in [7, 11) is 0. The molecular formula is C19H28Cl2NOSiTi. The van der Waals surface area contributed by atoms with E-state index in [1.807, 2.05) is 31.2 Å². The van der Waals surface area contributed by atoms with Crippen molar-refractivity contribution in [3.05, 3.63) is 56.0 Å². The van der Waals surface area contributed by atoms with E-state index in [1.165, 1.54) is 16.7 Å². The summed E-state index contributed by atoms with van der Waals surface area (Å²) in [6.07, 6.45) is 0. The average molecular weight is 433 g/mol. The molecule has 0 fully saturated rings. The van der Waals surface area contributed by atoms with Gasteiger partial charge in [0, 0.05) is 0 Å². The molecule has 0 heterocycles. The monoisotopic (exact) mass is 432 g/mol. The summed E-state index contributed by atoms with van der Waals surface area (Å²) in [6, 6.07) is 7.91. The molecule has 1 aromatic carbocycles. The van der Waals surface area contributed by atoms with Gasteiger partial charge in [0.25, 0.3) is 0 Å². The van der Waals surface area contributed by atoms with Gasteiger partial charge in [-0.1, -0.05) is 0 Å². The first-order valence-corrected chi connectivity index (χ1v) is 15.5. The Kier molecular flexibility index (Phi) is 10.00. The fourth-order valence-electron chi connectivity index (χ4n) is 3.30. The molecule has 0 spiro atoms. The molecule has 0 saturated heterocycles. The first-order chi connectivity index (χ1) is 10.7. The Morgan fingerprint density at radius 2 is 1.68 bits per heavy atom. The molecule has 1 aliphatic carbocycles. The molecule has 0 aromatic heterocycles. The molecule has 25 heavy (non-hydrogen) atoms. The smallest absolute Gasteiger partial charge is 1.00 e.